The van der Waals surface area contributed by atoms with Crippen molar-refractivity contribution in [3.63, 3.8) is 0 Å². The maximum Gasteiger partial charge on any atom is 0.416 e. The molecule has 0 bridgehead atoms. The smallest absolute Gasteiger partial charge is 0.381 e. The van der Waals surface area contributed by atoms with Crippen LogP contribution >= 0.6 is 0 Å². The van der Waals surface area contributed by atoms with Gasteiger partial charge in [0.15, 0.2) is 0 Å². The van der Waals surface area contributed by atoms with E-state index in [0.29, 0.717) is 42.9 Å². The van der Waals surface area contributed by atoms with Crippen LogP contribution in [0.4, 0.5) is 24.8 Å². The van der Waals surface area contributed by atoms with Gasteiger partial charge in [0.2, 0.25) is 0 Å². The Morgan fingerprint density at radius 1 is 1.18 bits per heavy atom. The molecular formula is C31H35F3N8O2. The molecule has 1 amide bonds. The minimum Gasteiger partial charge on any atom is -0.381 e. The van der Waals surface area contributed by atoms with E-state index in [4.69, 9.17) is 10.00 Å². The first-order valence-corrected chi connectivity index (χ1v) is 15.0. The number of rotatable bonds is 11. The van der Waals surface area contributed by atoms with Gasteiger partial charge in [0.25, 0.3) is 5.91 Å². The lowest BCUT2D eigenvalue weighted by Crippen LogP contribution is -2.35. The van der Waals surface area contributed by atoms with Gasteiger partial charge < -0.3 is 19.9 Å². The third kappa shape index (κ3) is 5.88. The lowest BCUT2D eigenvalue weighted by Gasteiger charge is -2.34. The standard InChI is InChI=1S/C31H35F3N8O2/c1-18(37-13-19-5-3-6-19)20-9-23-24(25(10-20)31(32,33)34)14-42(30(23)43)27-12-21(11-26(39-27)36-8-4-7-35)28(22-15-44-16-22)29-40-38-17-41(29)2/h9-12,17-19,22,28,37H,3-6,8,13-16H2,1-2H3,(H,36,39)/t18-,28-/m0/s1. The van der Waals surface area contributed by atoms with Crippen LogP contribution in [0.5, 0.6) is 0 Å². The number of halogens is 3. The summed E-state index contributed by atoms with van der Waals surface area (Å²) in [5.41, 5.74) is 0.383. The summed E-state index contributed by atoms with van der Waals surface area (Å²) in [6.45, 7) is 3.63. The second-order valence-electron chi connectivity index (χ2n) is 12.0. The molecule has 1 aliphatic carbocycles. The summed E-state index contributed by atoms with van der Waals surface area (Å²) < 4.78 is 50.6. The molecule has 1 saturated heterocycles. The van der Waals surface area contributed by atoms with Gasteiger partial charge in [0.05, 0.1) is 43.7 Å². The number of fused-ring (bicyclic) bond motifs is 1. The monoisotopic (exact) mass is 608 g/mol. The van der Waals surface area contributed by atoms with Gasteiger partial charge >= 0.3 is 6.18 Å². The maximum absolute atomic E-state index is 14.4. The second-order valence-corrected chi connectivity index (χ2v) is 12.0. The van der Waals surface area contributed by atoms with Crippen molar-refractivity contribution < 1.29 is 22.7 Å². The van der Waals surface area contributed by atoms with E-state index in [9.17, 15) is 18.0 Å². The number of pyridine rings is 1. The zero-order valence-corrected chi connectivity index (χ0v) is 24.7. The molecule has 1 aromatic carbocycles. The molecule has 6 rings (SSSR count). The highest BCUT2D eigenvalue weighted by Crippen LogP contribution is 2.42. The number of benzene rings is 1. The molecule has 13 heteroatoms. The first-order chi connectivity index (χ1) is 21.1. The molecule has 2 aromatic heterocycles. The largest absolute Gasteiger partial charge is 0.416 e. The molecule has 2 atom stereocenters. The topological polar surface area (TPSA) is 121 Å². The highest BCUT2D eigenvalue weighted by Gasteiger charge is 2.42. The SMILES string of the molecule is C[C@H](NCC1CCC1)c1cc2c(c(C(F)(F)F)c1)CN(c1cc([C@H](c3nncn3C)C3COC3)cc(NCCC#N)n1)C2=O. The van der Waals surface area contributed by atoms with Crippen molar-refractivity contribution in [2.24, 2.45) is 18.9 Å². The minimum absolute atomic E-state index is 0.0376. The summed E-state index contributed by atoms with van der Waals surface area (Å²) in [5, 5.41) is 23.9. The van der Waals surface area contributed by atoms with Crippen LogP contribution in [0, 0.1) is 23.2 Å². The molecule has 0 spiro atoms. The summed E-state index contributed by atoms with van der Waals surface area (Å²) in [4.78, 5) is 19.8. The molecule has 4 heterocycles. The van der Waals surface area contributed by atoms with Crippen LogP contribution in [-0.4, -0.2) is 52.0 Å². The number of nitriles is 1. The minimum atomic E-state index is -4.64. The van der Waals surface area contributed by atoms with Crippen molar-refractivity contribution in [1.82, 2.24) is 25.1 Å². The number of ether oxygens (including phenoxy) is 1. The van der Waals surface area contributed by atoms with E-state index in [1.54, 1.807) is 18.5 Å². The average molecular weight is 609 g/mol. The van der Waals surface area contributed by atoms with Crippen molar-refractivity contribution in [2.75, 3.05) is 36.5 Å². The molecule has 10 nitrogen and oxygen atoms in total. The number of hydrogen-bond acceptors (Lipinski definition) is 8. The van der Waals surface area contributed by atoms with Gasteiger partial charge in [-0.05, 0) is 73.2 Å². The number of aryl methyl sites for hydroxylation is 1. The van der Waals surface area contributed by atoms with E-state index in [1.807, 2.05) is 24.6 Å². The van der Waals surface area contributed by atoms with Crippen molar-refractivity contribution in [2.45, 2.75) is 57.3 Å². The summed E-state index contributed by atoms with van der Waals surface area (Å²) >= 11 is 0. The van der Waals surface area contributed by atoms with Crippen LogP contribution in [0.3, 0.4) is 0 Å². The highest BCUT2D eigenvalue weighted by molar-refractivity contribution is 6.10. The van der Waals surface area contributed by atoms with Crippen molar-refractivity contribution in [1.29, 1.82) is 5.26 Å². The fraction of sp³-hybridized carbons (Fsp3) is 0.516. The molecule has 3 aliphatic rings. The maximum atomic E-state index is 14.4. The number of nitrogens with one attached hydrogen (secondary N) is 2. The molecule has 1 saturated carbocycles. The number of carbonyl (C=O) groups is 1. The lowest BCUT2D eigenvalue weighted by molar-refractivity contribution is -0.138. The fourth-order valence-corrected chi connectivity index (χ4v) is 6.12. The predicted octanol–water partition coefficient (Wildman–Crippen LogP) is 4.94. The molecule has 232 valence electrons. The van der Waals surface area contributed by atoms with E-state index >= 15 is 0 Å². The summed E-state index contributed by atoms with van der Waals surface area (Å²) in [5.74, 6) is 1.16. The van der Waals surface area contributed by atoms with Gasteiger partial charge in [-0.3, -0.25) is 9.69 Å². The van der Waals surface area contributed by atoms with Gasteiger partial charge in [0.1, 0.15) is 23.8 Å². The van der Waals surface area contributed by atoms with Crippen LogP contribution in [0.1, 0.15) is 83.0 Å². The molecule has 0 unspecified atom stereocenters. The first kappa shape index (κ1) is 30.0. The third-order valence-corrected chi connectivity index (χ3v) is 8.98. The Morgan fingerprint density at radius 3 is 2.59 bits per heavy atom. The van der Waals surface area contributed by atoms with Gasteiger partial charge in [-0.1, -0.05) is 6.42 Å². The van der Waals surface area contributed by atoms with Gasteiger partial charge in [-0.25, -0.2) is 4.98 Å². The Morgan fingerprint density at radius 2 is 1.98 bits per heavy atom. The molecule has 2 fully saturated rings. The van der Waals surface area contributed by atoms with E-state index in [1.165, 1.54) is 17.4 Å². The number of aromatic nitrogens is 4. The summed E-state index contributed by atoms with van der Waals surface area (Å²) in [7, 11) is 1.84. The van der Waals surface area contributed by atoms with Crippen LogP contribution in [-0.2, 0) is 24.5 Å². The number of hydrogen-bond donors (Lipinski definition) is 2. The Bertz CT molecular complexity index is 1570. The Kier molecular flexibility index (Phi) is 8.30. The van der Waals surface area contributed by atoms with Crippen molar-refractivity contribution in [3.05, 3.63) is 64.2 Å². The number of carbonyl (C=O) groups excluding carboxylic acids is 1. The number of alkyl halides is 3. The van der Waals surface area contributed by atoms with E-state index in [-0.39, 0.29) is 47.8 Å². The molecule has 2 aliphatic heterocycles. The molecule has 44 heavy (non-hydrogen) atoms. The molecule has 3 aromatic rings. The summed E-state index contributed by atoms with van der Waals surface area (Å²) in [6, 6.07) is 8.08. The van der Waals surface area contributed by atoms with Crippen LogP contribution in [0.15, 0.2) is 30.6 Å². The predicted molar refractivity (Wildman–Crippen MR) is 156 cm³/mol. The van der Waals surface area contributed by atoms with E-state index in [2.05, 4.69) is 31.9 Å². The van der Waals surface area contributed by atoms with Gasteiger partial charge in [-0.2, -0.15) is 18.4 Å². The van der Waals surface area contributed by atoms with Crippen LogP contribution in [0.2, 0.25) is 0 Å². The van der Waals surface area contributed by atoms with Gasteiger partial charge in [-0.15, -0.1) is 10.2 Å². The second kappa shape index (κ2) is 12.2. The highest BCUT2D eigenvalue weighted by atomic mass is 19.4. The Balaban J connectivity index is 1.38. The Hall–Kier alpha value is -4.02. The molecule has 0 radical (unpaired) electrons. The van der Waals surface area contributed by atoms with Gasteiger partial charge in [0, 0.05) is 31.1 Å². The third-order valence-electron chi connectivity index (χ3n) is 8.98. The fourth-order valence-electron chi connectivity index (χ4n) is 6.12. The lowest BCUT2D eigenvalue weighted by atomic mass is 9.84. The van der Waals surface area contributed by atoms with Crippen LogP contribution < -0.4 is 15.5 Å². The van der Waals surface area contributed by atoms with Crippen molar-refractivity contribution in [3.8, 4) is 6.07 Å². The first-order valence-electron chi connectivity index (χ1n) is 15.0. The number of nitrogens with zero attached hydrogens (tertiary/aromatic N) is 6. The summed E-state index contributed by atoms with van der Waals surface area (Å²) in [6.07, 6.45) is 0.620. The zero-order chi connectivity index (χ0) is 31.0. The molecule has 2 N–H and O–H groups in total. The Labute approximate surface area is 253 Å². The van der Waals surface area contributed by atoms with E-state index in [0.717, 1.165) is 24.9 Å². The van der Waals surface area contributed by atoms with Crippen molar-refractivity contribution >= 4 is 17.5 Å². The number of anilines is 2. The zero-order valence-electron chi connectivity index (χ0n) is 24.7. The average Bonchev–Trinajstić information content (AvgIpc) is 3.51. The quantitative estimate of drug-likeness (QED) is 0.294. The van der Waals surface area contributed by atoms with E-state index < -0.39 is 17.6 Å². The van der Waals surface area contributed by atoms with Crippen LogP contribution in [0.25, 0.3) is 0 Å². The number of amides is 1. The normalized spacial score (nSPS) is 18.4. The molecular weight excluding hydrogens is 573 g/mol.